The fraction of sp³-hybridized carbons (Fsp3) is 0.500. The van der Waals surface area contributed by atoms with Gasteiger partial charge in [0.15, 0.2) is 0 Å². The Morgan fingerprint density at radius 2 is 1.61 bits per heavy atom. The van der Waals surface area contributed by atoms with Gasteiger partial charge in [-0.1, -0.05) is 0 Å². The summed E-state index contributed by atoms with van der Waals surface area (Å²) in [5.74, 6) is 0. The van der Waals surface area contributed by atoms with E-state index in [1.54, 1.807) is 30.3 Å². The van der Waals surface area contributed by atoms with Crippen molar-refractivity contribution in [3.05, 3.63) is 30.3 Å². The maximum absolute atomic E-state index is 12.2. The zero-order valence-electron chi connectivity index (χ0n) is 11.9. The fourth-order valence-corrected chi connectivity index (χ4v) is 6.59. The molecular weight excluding hydrogens is 261 g/mol. The SMILES string of the molecule is CCP(C)(C)(CC)OP(=O)([O-])c1ccccc1.[Li+]. The molecule has 0 bridgehead atoms. The van der Waals surface area contributed by atoms with Gasteiger partial charge in [0.1, 0.15) is 0 Å². The summed E-state index contributed by atoms with van der Waals surface area (Å²) in [7, 11) is -3.96. The van der Waals surface area contributed by atoms with Gasteiger partial charge < -0.3 is 0 Å². The third-order valence-electron chi connectivity index (χ3n) is 3.43. The number of benzene rings is 1. The summed E-state index contributed by atoms with van der Waals surface area (Å²) in [4.78, 5) is 12.2. The quantitative estimate of drug-likeness (QED) is 0.548. The molecule has 0 aliphatic rings. The van der Waals surface area contributed by atoms with Crippen molar-refractivity contribution >= 4 is 19.7 Å². The molecule has 0 amide bonds. The summed E-state index contributed by atoms with van der Waals surface area (Å²) in [5.41, 5.74) is 0. The molecule has 18 heavy (non-hydrogen) atoms. The predicted molar refractivity (Wildman–Crippen MR) is 74.6 cm³/mol. The van der Waals surface area contributed by atoms with Crippen LogP contribution in [-0.4, -0.2) is 25.7 Å². The van der Waals surface area contributed by atoms with E-state index in [4.69, 9.17) is 4.31 Å². The van der Waals surface area contributed by atoms with Crippen LogP contribution in [0.3, 0.4) is 0 Å². The van der Waals surface area contributed by atoms with Crippen LogP contribution in [0, 0.1) is 0 Å². The van der Waals surface area contributed by atoms with Gasteiger partial charge in [-0.05, 0) is 0 Å². The summed E-state index contributed by atoms with van der Waals surface area (Å²) in [5, 5.41) is 0.264. The number of hydrogen-bond donors (Lipinski definition) is 0. The van der Waals surface area contributed by atoms with Crippen molar-refractivity contribution in [1.82, 2.24) is 0 Å². The average molecular weight is 282 g/mol. The minimum atomic E-state index is -3.96. The molecule has 0 fully saturated rings. The molecule has 0 saturated heterocycles. The first-order valence-electron chi connectivity index (χ1n) is 5.81. The molecule has 0 aliphatic carbocycles. The van der Waals surface area contributed by atoms with Gasteiger partial charge >= 0.3 is 122 Å². The number of rotatable bonds is 5. The van der Waals surface area contributed by atoms with Crippen LogP contribution in [0.15, 0.2) is 30.3 Å². The first-order valence-corrected chi connectivity index (χ1v) is 10.8. The van der Waals surface area contributed by atoms with E-state index < -0.39 is 14.4 Å². The second-order valence-corrected chi connectivity index (χ2v) is 13.7. The smallest absolute Gasteiger partial charge is 1.00 e. The van der Waals surface area contributed by atoms with Gasteiger partial charge in [-0.3, -0.25) is 0 Å². The molecule has 0 spiro atoms. The van der Waals surface area contributed by atoms with E-state index in [-0.39, 0.29) is 24.2 Å². The minimum absolute atomic E-state index is 0. The molecule has 0 N–H and O–H groups in total. The van der Waals surface area contributed by atoms with E-state index in [1.807, 2.05) is 27.2 Å². The third kappa shape index (κ3) is 4.50. The van der Waals surface area contributed by atoms with Gasteiger partial charge in [-0.2, -0.15) is 0 Å². The average Bonchev–Trinajstić information content (AvgIpc) is 2.30. The van der Waals surface area contributed by atoms with Crippen LogP contribution in [-0.2, 0) is 8.88 Å². The first kappa shape index (κ1) is 18.4. The van der Waals surface area contributed by atoms with Crippen LogP contribution < -0.4 is 29.1 Å². The Morgan fingerprint density at radius 1 is 1.17 bits per heavy atom. The molecule has 1 unspecified atom stereocenters. The zero-order chi connectivity index (χ0) is 13.2. The van der Waals surface area contributed by atoms with E-state index in [9.17, 15) is 9.46 Å². The van der Waals surface area contributed by atoms with E-state index >= 15 is 0 Å². The predicted octanol–water partition coefficient (Wildman–Crippen LogP) is -0.346. The maximum Gasteiger partial charge on any atom is 1.00 e. The molecule has 0 radical (unpaired) electrons. The normalized spacial score (nSPS) is 17.1. The summed E-state index contributed by atoms with van der Waals surface area (Å²) in [6.07, 6.45) is 1.53. The Hall–Kier alpha value is 0.397. The van der Waals surface area contributed by atoms with Gasteiger partial charge in [0.05, 0.1) is 0 Å². The zero-order valence-corrected chi connectivity index (χ0v) is 13.7. The summed E-state index contributed by atoms with van der Waals surface area (Å²) >= 11 is 0. The van der Waals surface area contributed by atoms with Crippen molar-refractivity contribution < 1.29 is 32.6 Å². The van der Waals surface area contributed by atoms with Crippen molar-refractivity contribution in [1.29, 1.82) is 0 Å². The molecule has 0 aliphatic heterocycles. The molecule has 0 aromatic heterocycles. The van der Waals surface area contributed by atoms with Crippen LogP contribution in [0.1, 0.15) is 13.8 Å². The van der Waals surface area contributed by atoms with Crippen LogP contribution in [0.5, 0.6) is 0 Å². The largest absolute Gasteiger partial charge is 1.00 e. The van der Waals surface area contributed by atoms with Gasteiger partial charge in [0.25, 0.3) is 0 Å². The molecule has 1 rings (SSSR count). The summed E-state index contributed by atoms with van der Waals surface area (Å²) in [6, 6.07) is 8.37. The molecule has 6 heteroatoms. The third-order valence-corrected chi connectivity index (χ3v) is 11.4. The van der Waals surface area contributed by atoms with Gasteiger partial charge in [0, 0.05) is 0 Å². The molecule has 0 saturated carbocycles. The van der Waals surface area contributed by atoms with Gasteiger partial charge in [-0.25, -0.2) is 0 Å². The van der Waals surface area contributed by atoms with Gasteiger partial charge in [0.2, 0.25) is 0 Å². The van der Waals surface area contributed by atoms with E-state index in [1.165, 1.54) is 0 Å². The van der Waals surface area contributed by atoms with E-state index in [0.717, 1.165) is 12.3 Å². The molecule has 1 aromatic rings. The van der Waals surface area contributed by atoms with Gasteiger partial charge in [-0.15, -0.1) is 0 Å². The van der Waals surface area contributed by atoms with E-state index in [2.05, 4.69) is 0 Å². The second kappa shape index (κ2) is 6.23. The monoisotopic (exact) mass is 282 g/mol. The Morgan fingerprint density at radius 3 is 2.00 bits per heavy atom. The molecule has 1 atom stereocenters. The summed E-state index contributed by atoms with van der Waals surface area (Å²) < 4.78 is 17.8. The minimum Gasteiger partial charge on any atom is 1.00 e. The number of hydrogen-bond acceptors (Lipinski definition) is 3. The fourth-order valence-electron chi connectivity index (χ4n) is 1.36. The van der Waals surface area contributed by atoms with Crippen molar-refractivity contribution in [2.75, 3.05) is 25.7 Å². The second-order valence-electron chi connectivity index (χ2n) is 5.11. The van der Waals surface area contributed by atoms with Crippen LogP contribution in [0.4, 0.5) is 0 Å². The Kier molecular flexibility index (Phi) is 6.37. The van der Waals surface area contributed by atoms with Crippen LogP contribution in [0.25, 0.3) is 0 Å². The Labute approximate surface area is 122 Å². The van der Waals surface area contributed by atoms with Crippen molar-refractivity contribution in [2.24, 2.45) is 0 Å². The first-order chi connectivity index (χ1) is 7.72. The molecule has 98 valence electrons. The molecule has 0 heterocycles. The van der Waals surface area contributed by atoms with Crippen LogP contribution >= 0.6 is 14.4 Å². The Balaban J connectivity index is 0.00000289. The van der Waals surface area contributed by atoms with Crippen LogP contribution in [0.2, 0.25) is 0 Å². The molecule has 1 aromatic carbocycles. The molecule has 3 nitrogen and oxygen atoms in total. The van der Waals surface area contributed by atoms with Crippen molar-refractivity contribution in [3.63, 3.8) is 0 Å². The maximum atomic E-state index is 12.2. The Bertz CT molecular complexity index is 426. The summed E-state index contributed by atoms with van der Waals surface area (Å²) in [6.45, 7) is 5.36. The molecular formula is C12H21LiO3P2. The van der Waals surface area contributed by atoms with Crippen molar-refractivity contribution in [2.45, 2.75) is 13.8 Å². The standard InChI is InChI=1S/C12H22O3P2.Li/c1-5-17(3,4,6-2)15-16(13,14)12-10-8-7-9-11-12;/h7-11H,5-6H2,1-4H3,(H,13,14);/q;+1/p-1. The van der Waals surface area contributed by atoms with E-state index in [0.29, 0.717) is 0 Å². The topological polar surface area (TPSA) is 49.4 Å². The van der Waals surface area contributed by atoms with Crippen molar-refractivity contribution in [3.8, 4) is 0 Å².